The summed E-state index contributed by atoms with van der Waals surface area (Å²) >= 11 is 12.2. The molecule has 3 rings (SSSR count). The number of benzene rings is 1. The Morgan fingerprint density at radius 3 is 2.53 bits per heavy atom. The molecule has 19 heavy (non-hydrogen) atoms. The van der Waals surface area contributed by atoms with E-state index in [0.717, 1.165) is 37.8 Å². The first-order chi connectivity index (χ1) is 9.13. The van der Waals surface area contributed by atoms with Crippen LogP contribution in [0.1, 0.15) is 19.3 Å². The van der Waals surface area contributed by atoms with E-state index >= 15 is 0 Å². The predicted molar refractivity (Wildman–Crippen MR) is 77.8 cm³/mol. The van der Waals surface area contributed by atoms with Crippen LogP contribution in [0.5, 0.6) is 0 Å². The normalized spacial score (nSPS) is 23.1. The van der Waals surface area contributed by atoms with Gasteiger partial charge in [0.05, 0.1) is 15.7 Å². The summed E-state index contributed by atoms with van der Waals surface area (Å²) in [6.45, 7) is 2.92. The van der Waals surface area contributed by atoms with Crippen molar-refractivity contribution in [1.82, 2.24) is 5.32 Å². The van der Waals surface area contributed by atoms with Gasteiger partial charge in [0.1, 0.15) is 5.82 Å². The molecule has 0 radical (unpaired) electrons. The highest BCUT2D eigenvalue weighted by Gasteiger charge is 2.28. The third-order valence-corrected chi connectivity index (χ3v) is 4.43. The maximum Gasteiger partial charge on any atom is 0.126 e. The molecule has 0 aromatic heterocycles. The van der Waals surface area contributed by atoms with Gasteiger partial charge in [0.2, 0.25) is 0 Å². The lowest BCUT2D eigenvalue weighted by Gasteiger charge is -2.21. The van der Waals surface area contributed by atoms with E-state index in [1.165, 1.54) is 25.0 Å². The molecule has 1 aliphatic heterocycles. The zero-order valence-corrected chi connectivity index (χ0v) is 12.1. The van der Waals surface area contributed by atoms with Crippen molar-refractivity contribution in [2.45, 2.75) is 25.3 Å². The maximum absolute atomic E-state index is 13.2. The molecule has 1 aliphatic carbocycles. The zero-order valence-electron chi connectivity index (χ0n) is 10.6. The zero-order chi connectivity index (χ0) is 13.4. The lowest BCUT2D eigenvalue weighted by molar-refractivity contribution is 0.515. The minimum atomic E-state index is -0.384. The fourth-order valence-corrected chi connectivity index (χ4v) is 3.36. The average Bonchev–Trinajstić information content (AvgIpc) is 3.05. The number of nitrogens with zero attached hydrogens (tertiary/aromatic N) is 1. The van der Waals surface area contributed by atoms with E-state index in [9.17, 15) is 4.39 Å². The molecular weight excluding hydrogens is 286 g/mol. The number of anilines is 1. The second-order valence-corrected chi connectivity index (χ2v) is 6.32. The average molecular weight is 303 g/mol. The summed E-state index contributed by atoms with van der Waals surface area (Å²) in [4.78, 5) is 2.17. The lowest BCUT2D eigenvalue weighted by atomic mass is 10.1. The number of hydrogen-bond acceptors (Lipinski definition) is 2. The Hall–Kier alpha value is -0.510. The third-order valence-electron chi connectivity index (χ3n) is 3.86. The van der Waals surface area contributed by atoms with Crippen molar-refractivity contribution in [1.29, 1.82) is 0 Å². The van der Waals surface area contributed by atoms with E-state index in [-0.39, 0.29) is 5.82 Å². The van der Waals surface area contributed by atoms with Crippen LogP contribution in [0.2, 0.25) is 10.0 Å². The Bertz CT molecular complexity index is 454. The highest BCUT2D eigenvalue weighted by Crippen LogP contribution is 2.37. The van der Waals surface area contributed by atoms with Gasteiger partial charge < -0.3 is 10.2 Å². The Morgan fingerprint density at radius 1 is 1.21 bits per heavy atom. The molecule has 1 atom stereocenters. The molecule has 1 aromatic carbocycles. The quantitative estimate of drug-likeness (QED) is 0.912. The van der Waals surface area contributed by atoms with Crippen LogP contribution in [0.3, 0.4) is 0 Å². The second kappa shape index (κ2) is 5.47. The van der Waals surface area contributed by atoms with Gasteiger partial charge in [0.15, 0.2) is 0 Å². The first-order valence-electron chi connectivity index (χ1n) is 6.76. The highest BCUT2D eigenvalue weighted by molar-refractivity contribution is 6.39. The minimum Gasteiger partial charge on any atom is -0.369 e. The number of halogens is 3. The van der Waals surface area contributed by atoms with Crippen molar-refractivity contribution >= 4 is 28.9 Å². The van der Waals surface area contributed by atoms with E-state index in [4.69, 9.17) is 23.2 Å². The summed E-state index contributed by atoms with van der Waals surface area (Å²) in [7, 11) is 0. The summed E-state index contributed by atoms with van der Waals surface area (Å²) < 4.78 is 13.2. The molecule has 5 heteroatoms. The largest absolute Gasteiger partial charge is 0.369 e. The van der Waals surface area contributed by atoms with Gasteiger partial charge >= 0.3 is 0 Å². The highest BCUT2D eigenvalue weighted by atomic mass is 35.5. The van der Waals surface area contributed by atoms with Crippen molar-refractivity contribution < 1.29 is 4.39 Å². The molecule has 104 valence electrons. The molecule has 2 nitrogen and oxygen atoms in total. The molecule has 2 fully saturated rings. The smallest absolute Gasteiger partial charge is 0.126 e. The lowest BCUT2D eigenvalue weighted by Crippen LogP contribution is -2.27. The summed E-state index contributed by atoms with van der Waals surface area (Å²) in [5.74, 6) is 0.239. The molecule has 1 aromatic rings. The molecule has 1 N–H and O–H groups in total. The van der Waals surface area contributed by atoms with Crippen LogP contribution < -0.4 is 10.2 Å². The van der Waals surface area contributed by atoms with Gasteiger partial charge in [-0.05, 0) is 43.9 Å². The maximum atomic E-state index is 13.2. The van der Waals surface area contributed by atoms with Crippen molar-refractivity contribution in [3.05, 3.63) is 28.0 Å². The fourth-order valence-electron chi connectivity index (χ4n) is 2.66. The van der Waals surface area contributed by atoms with Crippen LogP contribution in [0.4, 0.5) is 10.1 Å². The first-order valence-corrected chi connectivity index (χ1v) is 7.52. The standard InChI is InChI=1S/C14H17Cl2FN2/c15-12-5-10(17)6-13(16)14(12)19-4-3-9(8-19)7-18-11-1-2-11/h5-6,9,11,18H,1-4,7-8H2. The van der Waals surface area contributed by atoms with Gasteiger partial charge in [-0.25, -0.2) is 4.39 Å². The van der Waals surface area contributed by atoms with Crippen LogP contribution in [0.25, 0.3) is 0 Å². The van der Waals surface area contributed by atoms with Crippen molar-refractivity contribution in [3.63, 3.8) is 0 Å². The van der Waals surface area contributed by atoms with Gasteiger partial charge in [-0.1, -0.05) is 23.2 Å². The molecule has 0 bridgehead atoms. The van der Waals surface area contributed by atoms with Crippen LogP contribution in [-0.4, -0.2) is 25.7 Å². The van der Waals surface area contributed by atoms with Crippen molar-refractivity contribution in [2.24, 2.45) is 5.92 Å². The third kappa shape index (κ3) is 3.15. The van der Waals surface area contributed by atoms with E-state index < -0.39 is 0 Å². The molecule has 1 saturated carbocycles. The Kier molecular flexibility index (Phi) is 3.88. The van der Waals surface area contributed by atoms with E-state index in [0.29, 0.717) is 16.0 Å². The molecule has 2 aliphatic rings. The summed E-state index contributed by atoms with van der Waals surface area (Å²) in [6.07, 6.45) is 3.75. The van der Waals surface area contributed by atoms with Crippen molar-refractivity contribution in [3.8, 4) is 0 Å². The fraction of sp³-hybridized carbons (Fsp3) is 0.571. The van der Waals surface area contributed by atoms with E-state index in [1.54, 1.807) is 0 Å². The number of hydrogen-bond donors (Lipinski definition) is 1. The second-order valence-electron chi connectivity index (χ2n) is 5.50. The van der Waals surface area contributed by atoms with E-state index in [1.807, 2.05) is 0 Å². The van der Waals surface area contributed by atoms with Crippen LogP contribution in [0.15, 0.2) is 12.1 Å². The Labute approximate surface area is 122 Å². The van der Waals surface area contributed by atoms with Gasteiger partial charge in [0, 0.05) is 19.1 Å². The van der Waals surface area contributed by atoms with Gasteiger partial charge in [0.25, 0.3) is 0 Å². The summed E-state index contributed by atoms with van der Waals surface area (Å²) in [5.41, 5.74) is 0.777. The molecule has 1 heterocycles. The minimum absolute atomic E-state index is 0.384. The van der Waals surface area contributed by atoms with Crippen LogP contribution >= 0.6 is 23.2 Å². The molecule has 0 spiro atoms. The SMILES string of the molecule is Fc1cc(Cl)c(N2CCC(CNC3CC3)C2)c(Cl)c1. The molecule has 0 amide bonds. The Morgan fingerprint density at radius 2 is 1.89 bits per heavy atom. The number of nitrogens with one attached hydrogen (secondary N) is 1. The first kappa shape index (κ1) is 13.5. The van der Waals surface area contributed by atoms with Crippen LogP contribution in [-0.2, 0) is 0 Å². The van der Waals surface area contributed by atoms with Crippen LogP contribution in [0, 0.1) is 11.7 Å². The summed E-state index contributed by atoms with van der Waals surface area (Å²) in [6, 6.07) is 3.41. The monoisotopic (exact) mass is 302 g/mol. The molecular formula is C14H17Cl2FN2. The van der Waals surface area contributed by atoms with Gasteiger partial charge in [-0.2, -0.15) is 0 Å². The van der Waals surface area contributed by atoms with Gasteiger partial charge in [-0.15, -0.1) is 0 Å². The molecule has 1 unspecified atom stereocenters. The van der Waals surface area contributed by atoms with Crippen molar-refractivity contribution in [2.75, 3.05) is 24.5 Å². The molecule has 1 saturated heterocycles. The topological polar surface area (TPSA) is 15.3 Å². The summed E-state index contributed by atoms with van der Waals surface area (Å²) in [5, 5.41) is 4.36. The number of rotatable bonds is 4. The van der Waals surface area contributed by atoms with E-state index in [2.05, 4.69) is 10.2 Å². The Balaban J connectivity index is 1.66. The van der Waals surface area contributed by atoms with Gasteiger partial charge in [-0.3, -0.25) is 0 Å². The predicted octanol–water partition coefficient (Wildman–Crippen LogP) is 3.71.